The van der Waals surface area contributed by atoms with E-state index in [0.29, 0.717) is 6.42 Å². The number of benzene rings is 2. The molecule has 0 heterocycles. The molecule has 2 aromatic carbocycles. The average molecular weight is 417 g/mol. The Balaban J connectivity index is 2.19. The molecule has 0 fully saturated rings. The van der Waals surface area contributed by atoms with Crippen LogP contribution in [0.2, 0.25) is 0 Å². The lowest BCUT2D eigenvalue weighted by Gasteiger charge is -2.31. The fourth-order valence-corrected chi connectivity index (χ4v) is 3.70. The van der Waals surface area contributed by atoms with Crippen molar-refractivity contribution in [3.05, 3.63) is 66.0 Å². The van der Waals surface area contributed by atoms with E-state index in [9.17, 15) is 14.0 Å². The maximum atomic E-state index is 13.3. The molecule has 0 unspecified atom stereocenters. The summed E-state index contributed by atoms with van der Waals surface area (Å²) < 4.78 is 13.3. The molecular weight excluding hydrogens is 387 g/mol. The van der Waals surface area contributed by atoms with E-state index in [1.165, 1.54) is 23.9 Å². The molecule has 2 atom stereocenters. The summed E-state index contributed by atoms with van der Waals surface area (Å²) in [5.74, 6) is -0.359. The van der Waals surface area contributed by atoms with Crippen LogP contribution >= 0.6 is 11.8 Å². The van der Waals surface area contributed by atoms with Crippen molar-refractivity contribution in [1.82, 2.24) is 10.2 Å². The Morgan fingerprint density at radius 3 is 2.28 bits per heavy atom. The molecule has 0 saturated carbocycles. The van der Waals surface area contributed by atoms with Crippen LogP contribution in [0, 0.1) is 5.82 Å². The van der Waals surface area contributed by atoms with Crippen molar-refractivity contribution in [2.75, 3.05) is 5.75 Å². The summed E-state index contributed by atoms with van der Waals surface area (Å²) in [6.07, 6.45) is 1.32. The highest BCUT2D eigenvalue weighted by Gasteiger charge is 2.29. The highest BCUT2D eigenvalue weighted by Crippen LogP contribution is 2.20. The molecule has 2 aromatic rings. The summed E-state index contributed by atoms with van der Waals surface area (Å²) in [6, 6.07) is 15.2. The van der Waals surface area contributed by atoms with E-state index in [0.717, 1.165) is 16.9 Å². The third-order valence-electron chi connectivity index (χ3n) is 4.76. The smallest absolute Gasteiger partial charge is 0.243 e. The third-order valence-corrected chi connectivity index (χ3v) is 5.76. The molecular formula is C23H29FN2O2S. The Bertz CT molecular complexity index is 783. The van der Waals surface area contributed by atoms with Crippen LogP contribution in [-0.4, -0.2) is 34.6 Å². The fraction of sp³-hybridized carbons (Fsp3) is 0.391. The molecule has 1 N–H and O–H groups in total. The van der Waals surface area contributed by atoms with Gasteiger partial charge in [-0.1, -0.05) is 44.2 Å². The maximum Gasteiger partial charge on any atom is 0.243 e. The van der Waals surface area contributed by atoms with Crippen LogP contribution in [0.15, 0.2) is 59.5 Å². The summed E-state index contributed by atoms with van der Waals surface area (Å²) in [4.78, 5) is 28.5. The Kier molecular flexibility index (Phi) is 9.19. The molecule has 0 bridgehead atoms. The first kappa shape index (κ1) is 22.9. The van der Waals surface area contributed by atoms with Crippen LogP contribution in [0.1, 0.15) is 39.2 Å². The van der Waals surface area contributed by atoms with Crippen molar-refractivity contribution >= 4 is 23.6 Å². The van der Waals surface area contributed by atoms with Crippen LogP contribution in [0.5, 0.6) is 0 Å². The SMILES string of the molecule is CC[C@H](C(=O)N[C@@H](C)CC)N(Cc1ccc(F)cc1)C(=O)CSc1ccccc1. The summed E-state index contributed by atoms with van der Waals surface area (Å²) in [5.41, 5.74) is 0.791. The quantitative estimate of drug-likeness (QED) is 0.574. The minimum Gasteiger partial charge on any atom is -0.352 e. The highest BCUT2D eigenvalue weighted by atomic mass is 32.2. The minimum atomic E-state index is -0.571. The van der Waals surface area contributed by atoms with Gasteiger partial charge in [0.1, 0.15) is 11.9 Å². The average Bonchev–Trinajstić information content (AvgIpc) is 2.73. The fourth-order valence-electron chi connectivity index (χ4n) is 2.89. The Morgan fingerprint density at radius 1 is 1.03 bits per heavy atom. The van der Waals surface area contributed by atoms with Gasteiger partial charge in [0.15, 0.2) is 0 Å². The van der Waals surface area contributed by atoms with E-state index in [-0.39, 0.29) is 36.0 Å². The topological polar surface area (TPSA) is 49.4 Å². The number of halogens is 1. The van der Waals surface area contributed by atoms with Gasteiger partial charge in [0, 0.05) is 17.5 Å². The molecule has 0 aliphatic rings. The molecule has 29 heavy (non-hydrogen) atoms. The number of hydrogen-bond donors (Lipinski definition) is 1. The van der Waals surface area contributed by atoms with Gasteiger partial charge in [0.25, 0.3) is 0 Å². The molecule has 0 aliphatic carbocycles. The second-order valence-corrected chi connectivity index (χ2v) is 8.04. The monoisotopic (exact) mass is 416 g/mol. The first-order valence-corrected chi connectivity index (χ1v) is 10.9. The normalized spacial score (nSPS) is 12.8. The molecule has 0 radical (unpaired) electrons. The van der Waals surface area contributed by atoms with E-state index in [1.807, 2.05) is 51.1 Å². The molecule has 4 nitrogen and oxygen atoms in total. The number of rotatable bonds is 10. The lowest BCUT2D eigenvalue weighted by molar-refractivity contribution is -0.139. The van der Waals surface area contributed by atoms with Crippen molar-refractivity contribution in [2.24, 2.45) is 0 Å². The van der Waals surface area contributed by atoms with E-state index in [1.54, 1.807) is 17.0 Å². The van der Waals surface area contributed by atoms with E-state index in [2.05, 4.69) is 5.32 Å². The van der Waals surface area contributed by atoms with Gasteiger partial charge in [-0.15, -0.1) is 11.8 Å². The zero-order valence-corrected chi connectivity index (χ0v) is 18.0. The van der Waals surface area contributed by atoms with E-state index >= 15 is 0 Å². The van der Waals surface area contributed by atoms with Gasteiger partial charge in [-0.3, -0.25) is 9.59 Å². The second-order valence-electron chi connectivity index (χ2n) is 6.99. The molecule has 0 aliphatic heterocycles. The van der Waals surface area contributed by atoms with Crippen LogP contribution in [0.4, 0.5) is 4.39 Å². The minimum absolute atomic E-state index is 0.0398. The van der Waals surface area contributed by atoms with E-state index in [4.69, 9.17) is 0 Å². The first-order chi connectivity index (χ1) is 13.9. The van der Waals surface area contributed by atoms with Crippen molar-refractivity contribution in [1.29, 1.82) is 0 Å². The first-order valence-electron chi connectivity index (χ1n) is 9.96. The largest absolute Gasteiger partial charge is 0.352 e. The number of thioether (sulfide) groups is 1. The molecule has 0 saturated heterocycles. The van der Waals surface area contributed by atoms with Crippen LogP contribution in [0.25, 0.3) is 0 Å². The third kappa shape index (κ3) is 7.20. The zero-order valence-electron chi connectivity index (χ0n) is 17.2. The van der Waals surface area contributed by atoms with Crippen LogP contribution in [0.3, 0.4) is 0 Å². The van der Waals surface area contributed by atoms with Crippen LogP contribution < -0.4 is 5.32 Å². The predicted molar refractivity (Wildman–Crippen MR) is 116 cm³/mol. The number of amides is 2. The predicted octanol–water partition coefficient (Wildman–Crippen LogP) is 4.64. The standard InChI is InChI=1S/C23H29FN2O2S/c1-4-17(3)25-23(28)21(5-2)26(15-18-11-13-19(24)14-12-18)22(27)16-29-20-9-7-6-8-10-20/h6-14,17,21H,4-5,15-16H2,1-3H3,(H,25,28)/t17-,21+/m0/s1. The number of carbonyl (C=O) groups is 2. The van der Waals surface area contributed by atoms with Crippen molar-refractivity contribution in [2.45, 2.75) is 57.1 Å². The van der Waals surface area contributed by atoms with Crippen molar-refractivity contribution in [3.8, 4) is 0 Å². The lowest BCUT2D eigenvalue weighted by Crippen LogP contribution is -2.51. The summed E-state index contributed by atoms with van der Waals surface area (Å²) >= 11 is 1.44. The highest BCUT2D eigenvalue weighted by molar-refractivity contribution is 8.00. The van der Waals surface area contributed by atoms with Crippen molar-refractivity contribution in [3.63, 3.8) is 0 Å². The van der Waals surface area contributed by atoms with Gasteiger partial charge in [-0.05, 0) is 49.6 Å². The molecule has 0 aromatic heterocycles. The molecule has 6 heteroatoms. The Morgan fingerprint density at radius 2 is 1.69 bits per heavy atom. The number of carbonyl (C=O) groups excluding carboxylic acids is 2. The molecule has 2 amide bonds. The van der Waals surface area contributed by atoms with Gasteiger partial charge < -0.3 is 10.2 Å². The summed E-state index contributed by atoms with van der Waals surface area (Å²) in [7, 11) is 0. The zero-order chi connectivity index (χ0) is 21.2. The van der Waals surface area contributed by atoms with Gasteiger partial charge >= 0.3 is 0 Å². The van der Waals surface area contributed by atoms with Gasteiger partial charge in [0.2, 0.25) is 11.8 Å². The van der Waals surface area contributed by atoms with Gasteiger partial charge in [-0.25, -0.2) is 4.39 Å². The molecule has 156 valence electrons. The molecule has 2 rings (SSSR count). The second kappa shape index (κ2) is 11.6. The molecule has 0 spiro atoms. The summed E-state index contributed by atoms with van der Waals surface area (Å²) in [5, 5.41) is 2.98. The van der Waals surface area contributed by atoms with Gasteiger partial charge in [0.05, 0.1) is 5.75 Å². The van der Waals surface area contributed by atoms with Crippen molar-refractivity contribution < 1.29 is 14.0 Å². The number of nitrogens with zero attached hydrogens (tertiary/aromatic N) is 1. The number of nitrogens with one attached hydrogen (secondary N) is 1. The summed E-state index contributed by atoms with van der Waals surface area (Å²) in [6.45, 7) is 6.11. The Labute approximate surface area is 176 Å². The number of hydrogen-bond acceptors (Lipinski definition) is 3. The van der Waals surface area contributed by atoms with Crippen LogP contribution in [-0.2, 0) is 16.1 Å². The lowest BCUT2D eigenvalue weighted by atomic mass is 10.1. The van der Waals surface area contributed by atoms with E-state index < -0.39 is 6.04 Å². The van der Waals surface area contributed by atoms with Gasteiger partial charge in [-0.2, -0.15) is 0 Å². The Hall–Kier alpha value is -2.34. The maximum absolute atomic E-state index is 13.3.